The Bertz CT molecular complexity index is 7110. The summed E-state index contributed by atoms with van der Waals surface area (Å²) in [6.45, 7) is 13.3. The van der Waals surface area contributed by atoms with Crippen LogP contribution in [0.1, 0.15) is 0 Å². The third-order valence-corrected chi connectivity index (χ3v) is 20.5. The second-order valence-electron chi connectivity index (χ2n) is 26.9. The lowest BCUT2D eigenvalue weighted by Crippen LogP contribution is -2.25. The average molecular weight is 1470 g/mol. The molecule has 0 unspecified atom stereocenters. The molecule has 0 aliphatic carbocycles. The number of rotatable bonds is 9. The Morgan fingerprint density at radius 1 is 0.319 bits per heavy atom. The van der Waals surface area contributed by atoms with E-state index in [0.29, 0.717) is 0 Å². The standard InChI is InChI=1S/C46H31NO.C38H25N.C16F6N4/c1-4-13-32(14-5-1)34-23-27-38(28-24-34)47(39-29-25-35(26-30-39)33-15-6-2-7-16-33)43-22-12-21-41-44-40-20-11-10-19-37(40)31-42(46(44)48-45(41)43)36-17-8-3-9-18-36;1-2-11-30(12-3-1)39-37-17-9-8-16-34(37)36-24-28(22-23-38(36)39)26-18-20-27(21-19-26)35-25-29-10-4-5-13-31(29)32-14-6-7-15-33(32)35;1-25-16(26-2)9-11(18)8-7(14(21)15(9)22)10(17)6(5(3-23)4-24)12(19)13(8)20/h1-31H;1-25H;. The Hall–Kier alpha value is -15.5. The smallest absolute Gasteiger partial charge is 0.453 e. The van der Waals surface area contributed by atoms with Crippen molar-refractivity contribution in [2.75, 3.05) is 4.90 Å². The van der Waals surface area contributed by atoms with E-state index in [-0.39, 0.29) is 0 Å². The molecule has 19 rings (SSSR count). The number of nitriles is 2. The van der Waals surface area contributed by atoms with Gasteiger partial charge in [-0.05, 0) is 155 Å². The summed E-state index contributed by atoms with van der Waals surface area (Å²) >= 11 is 0. The number of nitrogens with zero attached hydrogens (tertiary/aromatic N) is 6. The highest BCUT2D eigenvalue weighted by atomic mass is 19.2. The van der Waals surface area contributed by atoms with Crippen LogP contribution in [-0.2, 0) is 0 Å². The number of furan rings is 1. The van der Waals surface area contributed by atoms with Crippen molar-refractivity contribution in [1.29, 1.82) is 10.5 Å². The lowest BCUT2D eigenvalue weighted by molar-refractivity contribution is 0.471. The lowest BCUT2D eigenvalue weighted by atomic mass is 9.92. The van der Waals surface area contributed by atoms with Crippen LogP contribution < -0.4 is 15.3 Å². The zero-order chi connectivity index (χ0) is 77.4. The number of para-hydroxylation sites is 3. The molecule has 2 heterocycles. The highest BCUT2D eigenvalue weighted by molar-refractivity contribution is 6.24. The fraction of sp³-hybridized carbons (Fsp3) is 0. The first-order chi connectivity index (χ1) is 55.4. The zero-order valence-corrected chi connectivity index (χ0v) is 59.7. The lowest BCUT2D eigenvalue weighted by Gasteiger charge is -2.26. The van der Waals surface area contributed by atoms with Gasteiger partial charge in [0, 0.05) is 44.2 Å². The Morgan fingerprint density at radius 3 is 1.32 bits per heavy atom. The number of hydrogen-bond acceptors (Lipinski definition) is 4. The maximum atomic E-state index is 14.4. The van der Waals surface area contributed by atoms with Crippen LogP contribution in [-0.4, -0.2) is 4.57 Å². The SMILES string of the molecule is [C-]#[N+]C([N+]#[C-])=c1c(F)c(F)c2c(F)c(=C(C#N)C#N)c(F)c(F)c2c1F.c1ccc(-c2ccc(N(c3ccc(-c4ccccc4)cc3)c3cccc4c3oc3c(-c5ccccc5)cc5ccccc5c34)cc2)cc1.c1ccc(-n2c3ccccc3c3cc(-c4ccc(-c5cc6ccccc6c6ccccc56)cc4)ccc32)cc1. The molecule has 17 aromatic carbocycles. The molecule has 0 saturated carbocycles. The first-order valence-corrected chi connectivity index (χ1v) is 36.0. The average Bonchev–Trinajstić information content (AvgIpc) is 1.14. The van der Waals surface area contributed by atoms with Crippen LogP contribution in [0.3, 0.4) is 0 Å². The van der Waals surface area contributed by atoms with Crippen molar-refractivity contribution in [3.8, 4) is 73.5 Å². The molecule has 0 aliphatic heterocycles. The molecule has 0 radical (unpaired) electrons. The molecule has 0 N–H and O–H groups in total. The predicted molar refractivity (Wildman–Crippen MR) is 443 cm³/mol. The van der Waals surface area contributed by atoms with Gasteiger partial charge in [-0.2, -0.15) is 20.2 Å². The highest BCUT2D eigenvalue weighted by Gasteiger charge is 2.31. The summed E-state index contributed by atoms with van der Waals surface area (Å²) in [7, 11) is 0. The van der Waals surface area contributed by atoms with Crippen molar-refractivity contribution in [3.63, 3.8) is 0 Å². The molecule has 0 saturated heterocycles. The van der Waals surface area contributed by atoms with Gasteiger partial charge in [0.1, 0.15) is 53.3 Å². The monoisotopic (exact) mass is 1470 g/mol. The molecule has 534 valence electrons. The second kappa shape index (κ2) is 29.9. The molecule has 7 nitrogen and oxygen atoms in total. The summed E-state index contributed by atoms with van der Waals surface area (Å²) in [5, 5.41) is 23.1. The van der Waals surface area contributed by atoms with E-state index in [0.717, 1.165) is 62.3 Å². The van der Waals surface area contributed by atoms with E-state index in [4.69, 9.17) is 28.1 Å². The molecular weight excluding hydrogens is 1420 g/mol. The van der Waals surface area contributed by atoms with Gasteiger partial charge in [-0.3, -0.25) is 0 Å². The highest BCUT2D eigenvalue weighted by Crippen LogP contribution is 2.48. The van der Waals surface area contributed by atoms with E-state index >= 15 is 0 Å². The van der Waals surface area contributed by atoms with E-state index in [1.54, 1.807) is 0 Å². The third kappa shape index (κ3) is 12.6. The van der Waals surface area contributed by atoms with E-state index < -0.39 is 67.5 Å². The largest absolute Gasteiger partial charge is 0.532 e. The quantitative estimate of drug-likeness (QED) is 0.0624. The summed E-state index contributed by atoms with van der Waals surface area (Å²) in [5.74, 6) is -14.3. The van der Waals surface area contributed by atoms with E-state index in [1.807, 2.05) is 0 Å². The minimum atomic E-state index is -2.22. The molecule has 0 atom stereocenters. The van der Waals surface area contributed by atoms with Crippen molar-refractivity contribution in [2.45, 2.75) is 0 Å². The second-order valence-corrected chi connectivity index (χ2v) is 26.9. The molecule has 113 heavy (non-hydrogen) atoms. The first-order valence-electron chi connectivity index (χ1n) is 36.0. The van der Waals surface area contributed by atoms with Crippen LogP contribution in [0.4, 0.5) is 43.4 Å². The maximum absolute atomic E-state index is 14.4. The normalized spacial score (nSPS) is 11.1. The van der Waals surface area contributed by atoms with Crippen molar-refractivity contribution < 1.29 is 30.8 Å². The van der Waals surface area contributed by atoms with Crippen LogP contribution in [0.5, 0.6) is 0 Å². The Kier molecular flexibility index (Phi) is 18.6. The molecule has 0 spiro atoms. The number of anilines is 3. The summed E-state index contributed by atoms with van der Waals surface area (Å²) in [5.41, 5.74) is 19.2. The van der Waals surface area contributed by atoms with Crippen LogP contribution in [0, 0.1) is 70.7 Å². The first kappa shape index (κ1) is 70.4. The molecule has 0 aliphatic rings. The summed E-state index contributed by atoms with van der Waals surface area (Å²) < 4.78 is 94.9. The molecule has 19 aromatic rings. The van der Waals surface area contributed by atoms with Crippen LogP contribution in [0.2, 0.25) is 0 Å². The number of hydrogen-bond donors (Lipinski definition) is 0. The molecular formula is C100H56F6N6O. The van der Waals surface area contributed by atoms with E-state index in [2.05, 4.69) is 359 Å². The van der Waals surface area contributed by atoms with Gasteiger partial charge in [0.2, 0.25) is 0 Å². The summed E-state index contributed by atoms with van der Waals surface area (Å²) in [6, 6.07) is 124. The molecule has 2 aromatic heterocycles. The van der Waals surface area contributed by atoms with E-state index in [9.17, 15) is 26.3 Å². The van der Waals surface area contributed by atoms with Crippen molar-refractivity contribution in [1.82, 2.24) is 4.57 Å². The van der Waals surface area contributed by atoms with Crippen LogP contribution in [0.25, 0.3) is 169 Å². The van der Waals surface area contributed by atoms with Crippen LogP contribution >= 0.6 is 0 Å². The van der Waals surface area contributed by atoms with Crippen molar-refractivity contribution in [3.05, 3.63) is 408 Å². The number of halogens is 6. The van der Waals surface area contributed by atoms with Gasteiger partial charge in [0.15, 0.2) is 28.9 Å². The minimum absolute atomic E-state index is 0.861. The van der Waals surface area contributed by atoms with Gasteiger partial charge >= 0.3 is 5.82 Å². The molecule has 0 fully saturated rings. The van der Waals surface area contributed by atoms with Gasteiger partial charge in [-0.1, -0.05) is 267 Å². The maximum Gasteiger partial charge on any atom is 0.532 e. The van der Waals surface area contributed by atoms with Gasteiger partial charge in [0.25, 0.3) is 0 Å². The Balaban J connectivity index is 0.000000129. The van der Waals surface area contributed by atoms with Gasteiger partial charge in [-0.15, -0.1) is 0 Å². The predicted octanol–water partition coefficient (Wildman–Crippen LogP) is 26.4. The van der Waals surface area contributed by atoms with Gasteiger partial charge in [0.05, 0.1) is 32.7 Å². The molecule has 0 bridgehead atoms. The fourth-order valence-corrected chi connectivity index (χ4v) is 15.3. The number of fused-ring (bicyclic) bond motifs is 12. The van der Waals surface area contributed by atoms with Crippen LogP contribution in [0.15, 0.2) is 344 Å². The summed E-state index contributed by atoms with van der Waals surface area (Å²) in [6.07, 6.45) is 0. The Morgan fingerprint density at radius 2 is 0.735 bits per heavy atom. The van der Waals surface area contributed by atoms with E-state index in [1.165, 1.54) is 104 Å². The topological polar surface area (TPSA) is 77.6 Å². The van der Waals surface area contributed by atoms with Gasteiger partial charge < -0.3 is 13.9 Å². The Labute approximate surface area is 643 Å². The molecule has 0 amide bonds. The van der Waals surface area contributed by atoms with Gasteiger partial charge in [-0.25, -0.2) is 26.3 Å². The third-order valence-electron chi connectivity index (χ3n) is 20.5. The van der Waals surface area contributed by atoms with Crippen molar-refractivity contribution in [2.24, 2.45) is 0 Å². The minimum Gasteiger partial charge on any atom is -0.453 e. The van der Waals surface area contributed by atoms with Crippen molar-refractivity contribution >= 4 is 115 Å². The fourth-order valence-electron chi connectivity index (χ4n) is 15.3. The molecule has 13 heteroatoms. The number of benzene rings is 17. The zero-order valence-electron chi connectivity index (χ0n) is 59.7. The number of aromatic nitrogens is 1. The summed E-state index contributed by atoms with van der Waals surface area (Å²) in [4.78, 5) is 7.24.